The van der Waals surface area contributed by atoms with Gasteiger partial charge in [-0.1, -0.05) is 29.4 Å². The van der Waals surface area contributed by atoms with Gasteiger partial charge in [0.25, 0.3) is 0 Å². The summed E-state index contributed by atoms with van der Waals surface area (Å²) >= 11 is 0. The second-order valence-electron chi connectivity index (χ2n) is 4.59. The fraction of sp³-hybridized carbons (Fsp3) is 0.533. The maximum atomic E-state index is 11.5. The van der Waals surface area contributed by atoms with Crippen LogP contribution in [0.3, 0.4) is 0 Å². The molecule has 2 heteroatoms. The molecule has 17 heavy (non-hydrogen) atoms. The van der Waals surface area contributed by atoms with Gasteiger partial charge in [-0.3, -0.25) is 4.79 Å². The minimum atomic E-state index is 0.0563. The van der Waals surface area contributed by atoms with Gasteiger partial charge in [0.15, 0.2) is 0 Å². The molecule has 0 N–H and O–H groups in total. The number of hydrogen-bond acceptors (Lipinski definition) is 1. The van der Waals surface area contributed by atoms with Crippen LogP contribution < -0.4 is 0 Å². The zero-order chi connectivity index (χ0) is 13.3. The second kappa shape index (κ2) is 8.80. The first-order valence-corrected chi connectivity index (χ1v) is 6.14. The fourth-order valence-corrected chi connectivity index (χ4v) is 1.34. The van der Waals surface area contributed by atoms with Crippen molar-refractivity contribution in [3.63, 3.8) is 0 Å². The molecule has 0 saturated carbocycles. The molecule has 2 nitrogen and oxygen atoms in total. The van der Waals surface area contributed by atoms with Gasteiger partial charge in [-0.15, -0.1) is 0 Å². The van der Waals surface area contributed by atoms with Crippen molar-refractivity contribution in [1.82, 2.24) is 4.90 Å². The highest BCUT2D eigenvalue weighted by molar-refractivity contribution is 5.87. The molecule has 0 unspecified atom stereocenters. The Hall–Kier alpha value is -1.31. The maximum Gasteiger partial charge on any atom is 0.246 e. The van der Waals surface area contributed by atoms with Gasteiger partial charge in [0.2, 0.25) is 5.91 Å². The molecule has 0 radical (unpaired) electrons. The van der Waals surface area contributed by atoms with Crippen LogP contribution in [0, 0.1) is 0 Å². The fourth-order valence-electron chi connectivity index (χ4n) is 1.34. The highest BCUT2D eigenvalue weighted by Crippen LogP contribution is 2.06. The Kier molecular flexibility index (Phi) is 8.12. The number of carbonyl (C=O) groups excluding carboxylic acids is 1. The summed E-state index contributed by atoms with van der Waals surface area (Å²) in [6.07, 6.45) is 9.87. The Morgan fingerprint density at radius 2 is 1.82 bits per heavy atom. The van der Waals surface area contributed by atoms with Gasteiger partial charge in [0, 0.05) is 13.6 Å². The average Bonchev–Trinajstić information content (AvgIpc) is 2.25. The van der Waals surface area contributed by atoms with Crippen molar-refractivity contribution in [2.24, 2.45) is 0 Å². The topological polar surface area (TPSA) is 20.3 Å². The number of amides is 1. The van der Waals surface area contributed by atoms with E-state index in [2.05, 4.69) is 32.9 Å². The molecule has 0 bridgehead atoms. The lowest BCUT2D eigenvalue weighted by molar-refractivity contribution is -0.124. The number of allylic oxidation sites excluding steroid dienone is 4. The zero-order valence-electron chi connectivity index (χ0n) is 11.8. The van der Waals surface area contributed by atoms with Gasteiger partial charge in [0.1, 0.15) is 0 Å². The summed E-state index contributed by atoms with van der Waals surface area (Å²) in [5.74, 6) is 0.0563. The summed E-state index contributed by atoms with van der Waals surface area (Å²) in [6, 6.07) is 0. The van der Waals surface area contributed by atoms with Crippen LogP contribution in [-0.2, 0) is 4.79 Å². The van der Waals surface area contributed by atoms with Crippen LogP contribution in [0.25, 0.3) is 0 Å². The molecule has 0 aliphatic rings. The van der Waals surface area contributed by atoms with Crippen molar-refractivity contribution < 1.29 is 4.79 Å². The second-order valence-corrected chi connectivity index (χ2v) is 4.59. The van der Waals surface area contributed by atoms with Crippen LogP contribution >= 0.6 is 0 Å². The van der Waals surface area contributed by atoms with Crippen LogP contribution in [0.1, 0.15) is 40.5 Å². The minimum Gasteiger partial charge on any atom is -0.339 e. The van der Waals surface area contributed by atoms with E-state index in [-0.39, 0.29) is 5.91 Å². The van der Waals surface area contributed by atoms with Crippen molar-refractivity contribution in [3.05, 3.63) is 35.5 Å². The van der Waals surface area contributed by atoms with Gasteiger partial charge in [0.05, 0.1) is 0 Å². The first-order chi connectivity index (χ1) is 7.97. The van der Waals surface area contributed by atoms with E-state index < -0.39 is 0 Å². The standard InChI is InChI=1S/C15H25NO/c1-6-8-15(17)16(5)12-11-14(4)10-7-9-13(2)3/h6,8-9,11H,7,10,12H2,1-5H3/b8-6+,14-11+. The number of likely N-dealkylation sites (N-methyl/N-ethyl adjacent to an activating group) is 1. The van der Waals surface area contributed by atoms with E-state index in [0.29, 0.717) is 6.54 Å². The predicted octanol–water partition coefficient (Wildman–Crippen LogP) is 3.71. The van der Waals surface area contributed by atoms with E-state index in [0.717, 1.165) is 12.8 Å². The molecule has 0 fully saturated rings. The molecule has 0 aliphatic heterocycles. The average molecular weight is 235 g/mol. The predicted molar refractivity (Wildman–Crippen MR) is 74.9 cm³/mol. The Bertz CT molecular complexity index is 320. The number of carbonyl (C=O) groups is 1. The molecule has 0 spiro atoms. The van der Waals surface area contributed by atoms with E-state index in [4.69, 9.17) is 0 Å². The van der Waals surface area contributed by atoms with Crippen molar-refractivity contribution in [2.75, 3.05) is 13.6 Å². The van der Waals surface area contributed by atoms with Gasteiger partial charge in [-0.05, 0) is 46.6 Å². The molecule has 0 heterocycles. The molecule has 0 aliphatic carbocycles. The van der Waals surface area contributed by atoms with Crippen LogP contribution in [0.15, 0.2) is 35.5 Å². The van der Waals surface area contributed by atoms with Gasteiger partial charge in [-0.2, -0.15) is 0 Å². The summed E-state index contributed by atoms with van der Waals surface area (Å²) in [5.41, 5.74) is 2.70. The van der Waals surface area contributed by atoms with Crippen molar-refractivity contribution in [2.45, 2.75) is 40.5 Å². The summed E-state index contributed by atoms with van der Waals surface area (Å²) in [6.45, 7) is 8.88. The lowest BCUT2D eigenvalue weighted by Gasteiger charge is -2.12. The summed E-state index contributed by atoms with van der Waals surface area (Å²) in [7, 11) is 1.82. The Balaban J connectivity index is 4.06. The maximum absolute atomic E-state index is 11.5. The van der Waals surface area contributed by atoms with E-state index in [1.54, 1.807) is 17.1 Å². The summed E-state index contributed by atoms with van der Waals surface area (Å²) in [4.78, 5) is 13.2. The first-order valence-electron chi connectivity index (χ1n) is 6.14. The number of hydrogen-bond donors (Lipinski definition) is 0. The largest absolute Gasteiger partial charge is 0.339 e. The molecule has 96 valence electrons. The molecular weight excluding hydrogens is 210 g/mol. The van der Waals surface area contributed by atoms with Crippen molar-refractivity contribution >= 4 is 5.91 Å². The number of nitrogens with zero attached hydrogens (tertiary/aromatic N) is 1. The van der Waals surface area contributed by atoms with Gasteiger partial charge < -0.3 is 4.90 Å². The Labute approximate surface area is 106 Å². The third-order valence-corrected chi connectivity index (χ3v) is 2.49. The Morgan fingerprint density at radius 3 is 2.35 bits per heavy atom. The molecule has 0 aromatic rings. The van der Waals surface area contributed by atoms with Crippen LogP contribution in [0.5, 0.6) is 0 Å². The summed E-state index contributed by atoms with van der Waals surface area (Å²) in [5, 5.41) is 0. The highest BCUT2D eigenvalue weighted by Gasteiger charge is 2.01. The molecule has 0 rings (SSSR count). The van der Waals surface area contributed by atoms with Crippen molar-refractivity contribution in [1.29, 1.82) is 0 Å². The summed E-state index contributed by atoms with van der Waals surface area (Å²) < 4.78 is 0. The molecule has 0 aromatic carbocycles. The van der Waals surface area contributed by atoms with Crippen LogP contribution in [0.4, 0.5) is 0 Å². The van der Waals surface area contributed by atoms with Crippen LogP contribution in [-0.4, -0.2) is 24.4 Å². The minimum absolute atomic E-state index is 0.0563. The normalized spacial score (nSPS) is 11.7. The quantitative estimate of drug-likeness (QED) is 0.507. The van der Waals surface area contributed by atoms with Gasteiger partial charge in [-0.25, -0.2) is 0 Å². The number of rotatable bonds is 6. The van der Waals surface area contributed by atoms with Crippen LogP contribution in [0.2, 0.25) is 0 Å². The van der Waals surface area contributed by atoms with Gasteiger partial charge >= 0.3 is 0 Å². The van der Waals surface area contributed by atoms with Crippen molar-refractivity contribution in [3.8, 4) is 0 Å². The third kappa shape index (κ3) is 8.49. The molecule has 0 aromatic heterocycles. The monoisotopic (exact) mass is 235 g/mol. The Morgan fingerprint density at radius 1 is 1.18 bits per heavy atom. The highest BCUT2D eigenvalue weighted by atomic mass is 16.2. The zero-order valence-corrected chi connectivity index (χ0v) is 11.8. The third-order valence-electron chi connectivity index (χ3n) is 2.49. The molecule has 0 saturated heterocycles. The lowest BCUT2D eigenvalue weighted by Crippen LogP contribution is -2.24. The lowest BCUT2D eigenvalue weighted by atomic mass is 10.1. The molecular formula is C15H25NO. The first kappa shape index (κ1) is 15.7. The van der Waals surface area contributed by atoms with E-state index in [1.807, 2.05) is 14.0 Å². The van der Waals surface area contributed by atoms with E-state index in [1.165, 1.54) is 11.1 Å². The molecule has 0 atom stereocenters. The van der Waals surface area contributed by atoms with E-state index in [9.17, 15) is 4.79 Å². The molecule has 1 amide bonds. The van der Waals surface area contributed by atoms with E-state index >= 15 is 0 Å². The SMILES string of the molecule is C/C=C/C(=O)N(C)C/C=C(\C)CCC=C(C)C. The smallest absolute Gasteiger partial charge is 0.246 e.